The van der Waals surface area contributed by atoms with E-state index in [1.807, 2.05) is 24.4 Å². The molecule has 1 aliphatic heterocycles. The van der Waals surface area contributed by atoms with Crippen molar-refractivity contribution in [2.24, 2.45) is 5.10 Å². The zero-order valence-corrected chi connectivity index (χ0v) is 11.1. The average molecular weight is 283 g/mol. The highest BCUT2D eigenvalue weighted by Gasteiger charge is 2.13. The molecule has 1 aliphatic rings. The van der Waals surface area contributed by atoms with Crippen LogP contribution in [0.3, 0.4) is 0 Å². The molecule has 0 radical (unpaired) electrons. The first-order chi connectivity index (χ1) is 7.75. The Morgan fingerprint density at radius 2 is 2.00 bits per heavy atom. The number of likely N-dealkylation sites (N-methyl/N-ethyl adjacent to an activating group) is 1. The summed E-state index contributed by atoms with van der Waals surface area (Å²) in [6, 6.07) is 8.14. The molecule has 0 bridgehead atoms. The summed E-state index contributed by atoms with van der Waals surface area (Å²) < 4.78 is 1.10. The lowest BCUT2D eigenvalue weighted by Crippen LogP contribution is -3.11. The fourth-order valence-corrected chi connectivity index (χ4v) is 2.10. The molecular formula is C12H17BrN3+. The number of hydrogen-bond donors (Lipinski definition) is 1. The van der Waals surface area contributed by atoms with Crippen LogP contribution in [0.5, 0.6) is 0 Å². The summed E-state index contributed by atoms with van der Waals surface area (Å²) >= 11 is 3.52. The minimum atomic E-state index is 1.05. The molecule has 0 amide bonds. The molecule has 0 atom stereocenters. The van der Waals surface area contributed by atoms with Crippen LogP contribution in [0.15, 0.2) is 33.8 Å². The summed E-state index contributed by atoms with van der Waals surface area (Å²) in [6.07, 6.45) is 1.94. The molecule has 1 fully saturated rings. The number of hydrogen-bond acceptors (Lipinski definition) is 2. The Hall–Kier alpha value is -0.870. The van der Waals surface area contributed by atoms with E-state index in [-0.39, 0.29) is 0 Å². The minimum Gasteiger partial charge on any atom is -0.334 e. The van der Waals surface area contributed by atoms with Crippen LogP contribution in [-0.2, 0) is 0 Å². The standard InChI is InChI=1S/C12H16BrN3/c1-15-6-8-16(9-7-15)14-10-11-4-2-3-5-12(11)13/h2-5,10H,6-9H2,1H3/p+1/b14-10-. The predicted molar refractivity (Wildman–Crippen MR) is 69.9 cm³/mol. The van der Waals surface area contributed by atoms with Gasteiger partial charge in [-0.15, -0.1) is 0 Å². The lowest BCUT2D eigenvalue weighted by molar-refractivity contribution is -0.884. The van der Waals surface area contributed by atoms with Crippen LogP contribution in [0, 0.1) is 0 Å². The second kappa shape index (κ2) is 5.46. The summed E-state index contributed by atoms with van der Waals surface area (Å²) in [6.45, 7) is 4.44. The van der Waals surface area contributed by atoms with E-state index in [1.54, 1.807) is 4.90 Å². The number of nitrogens with one attached hydrogen (secondary N) is 1. The topological polar surface area (TPSA) is 20.0 Å². The maximum Gasteiger partial charge on any atom is 0.0964 e. The molecule has 16 heavy (non-hydrogen) atoms. The number of benzene rings is 1. The van der Waals surface area contributed by atoms with Crippen LogP contribution in [0.25, 0.3) is 0 Å². The molecular weight excluding hydrogens is 266 g/mol. The predicted octanol–water partition coefficient (Wildman–Crippen LogP) is 0.613. The number of halogens is 1. The first kappa shape index (κ1) is 11.6. The maximum absolute atomic E-state index is 4.51. The minimum absolute atomic E-state index is 1.05. The van der Waals surface area contributed by atoms with Gasteiger partial charge in [-0.3, -0.25) is 5.01 Å². The molecule has 0 spiro atoms. The monoisotopic (exact) mass is 282 g/mol. The van der Waals surface area contributed by atoms with Gasteiger partial charge in [0.2, 0.25) is 0 Å². The maximum atomic E-state index is 4.51. The smallest absolute Gasteiger partial charge is 0.0964 e. The molecule has 0 unspecified atom stereocenters. The van der Waals surface area contributed by atoms with Crippen LogP contribution in [-0.4, -0.2) is 44.5 Å². The van der Waals surface area contributed by atoms with E-state index in [2.05, 4.69) is 39.2 Å². The van der Waals surface area contributed by atoms with Crippen LogP contribution in [0.4, 0.5) is 0 Å². The van der Waals surface area contributed by atoms with Gasteiger partial charge >= 0.3 is 0 Å². The second-order valence-corrected chi connectivity index (χ2v) is 5.03. The molecule has 1 saturated heterocycles. The molecule has 2 rings (SSSR count). The Balaban J connectivity index is 1.97. The van der Waals surface area contributed by atoms with Gasteiger partial charge in [0.15, 0.2) is 0 Å². The Labute approximate surface area is 105 Å². The van der Waals surface area contributed by atoms with Gasteiger partial charge in [0.05, 0.1) is 39.4 Å². The van der Waals surface area contributed by atoms with Crippen LogP contribution >= 0.6 is 15.9 Å². The third kappa shape index (κ3) is 3.06. The normalized spacial score (nSPS) is 18.2. The van der Waals surface area contributed by atoms with Crippen molar-refractivity contribution in [2.75, 3.05) is 33.2 Å². The van der Waals surface area contributed by atoms with E-state index in [0.29, 0.717) is 0 Å². The largest absolute Gasteiger partial charge is 0.334 e. The Kier molecular flexibility index (Phi) is 3.96. The number of quaternary nitrogens is 1. The second-order valence-electron chi connectivity index (χ2n) is 4.18. The highest BCUT2D eigenvalue weighted by atomic mass is 79.9. The van der Waals surface area contributed by atoms with Gasteiger partial charge in [-0.25, -0.2) is 0 Å². The number of rotatable bonds is 2. The van der Waals surface area contributed by atoms with Gasteiger partial charge < -0.3 is 4.90 Å². The Morgan fingerprint density at radius 3 is 2.69 bits per heavy atom. The quantitative estimate of drug-likeness (QED) is 0.789. The fraction of sp³-hybridized carbons (Fsp3) is 0.417. The Bertz CT molecular complexity index is 370. The van der Waals surface area contributed by atoms with Crippen LogP contribution in [0.1, 0.15) is 5.56 Å². The molecule has 4 heteroatoms. The van der Waals surface area contributed by atoms with Gasteiger partial charge in [0.1, 0.15) is 0 Å². The Morgan fingerprint density at radius 1 is 1.31 bits per heavy atom. The molecule has 0 aliphatic carbocycles. The van der Waals surface area contributed by atoms with Crippen molar-refractivity contribution >= 4 is 22.1 Å². The van der Waals surface area contributed by atoms with E-state index in [9.17, 15) is 0 Å². The van der Waals surface area contributed by atoms with Gasteiger partial charge in [-0.05, 0) is 6.07 Å². The number of nitrogens with zero attached hydrogens (tertiary/aromatic N) is 2. The van der Waals surface area contributed by atoms with E-state index in [1.165, 1.54) is 13.1 Å². The SMILES string of the molecule is C[NH+]1CCN(/N=C\c2ccccc2Br)CC1. The first-order valence-corrected chi connectivity index (χ1v) is 6.40. The van der Waals surface area contributed by atoms with Crippen molar-refractivity contribution in [3.05, 3.63) is 34.3 Å². The highest BCUT2D eigenvalue weighted by molar-refractivity contribution is 9.10. The van der Waals surface area contributed by atoms with E-state index in [0.717, 1.165) is 23.1 Å². The zero-order chi connectivity index (χ0) is 11.4. The lowest BCUT2D eigenvalue weighted by Gasteiger charge is -2.27. The fourth-order valence-electron chi connectivity index (χ4n) is 1.72. The summed E-state index contributed by atoms with van der Waals surface area (Å²) in [5.74, 6) is 0. The van der Waals surface area contributed by atoms with Gasteiger partial charge in [-0.1, -0.05) is 34.1 Å². The third-order valence-corrected chi connectivity index (χ3v) is 3.58. The molecule has 1 heterocycles. The van der Waals surface area contributed by atoms with Crippen LogP contribution < -0.4 is 4.90 Å². The van der Waals surface area contributed by atoms with Crippen LogP contribution in [0.2, 0.25) is 0 Å². The molecule has 1 aromatic rings. The van der Waals surface area contributed by atoms with Crippen molar-refractivity contribution in [1.29, 1.82) is 0 Å². The number of piperazine rings is 1. The lowest BCUT2D eigenvalue weighted by atomic mass is 10.2. The van der Waals surface area contributed by atoms with E-state index < -0.39 is 0 Å². The van der Waals surface area contributed by atoms with Crippen molar-refractivity contribution in [3.8, 4) is 0 Å². The summed E-state index contributed by atoms with van der Waals surface area (Å²) in [4.78, 5) is 1.59. The van der Waals surface area contributed by atoms with Crippen molar-refractivity contribution in [3.63, 3.8) is 0 Å². The summed E-state index contributed by atoms with van der Waals surface area (Å²) in [5, 5.41) is 6.66. The molecule has 86 valence electrons. The molecule has 1 N–H and O–H groups in total. The van der Waals surface area contributed by atoms with Crippen molar-refractivity contribution in [2.45, 2.75) is 0 Å². The van der Waals surface area contributed by atoms with Gasteiger partial charge in [0.25, 0.3) is 0 Å². The highest BCUT2D eigenvalue weighted by Crippen LogP contribution is 2.13. The van der Waals surface area contributed by atoms with Gasteiger partial charge in [0, 0.05) is 10.0 Å². The molecule has 3 nitrogen and oxygen atoms in total. The number of hydrazone groups is 1. The van der Waals surface area contributed by atoms with Crippen molar-refractivity contribution < 1.29 is 4.90 Å². The van der Waals surface area contributed by atoms with E-state index >= 15 is 0 Å². The van der Waals surface area contributed by atoms with E-state index in [4.69, 9.17) is 0 Å². The summed E-state index contributed by atoms with van der Waals surface area (Å²) in [7, 11) is 2.23. The molecule has 0 saturated carbocycles. The first-order valence-electron chi connectivity index (χ1n) is 5.60. The molecule has 1 aromatic carbocycles. The third-order valence-electron chi connectivity index (χ3n) is 2.86. The van der Waals surface area contributed by atoms with Gasteiger partial charge in [-0.2, -0.15) is 5.10 Å². The molecule has 0 aromatic heterocycles. The van der Waals surface area contributed by atoms with Crippen molar-refractivity contribution in [1.82, 2.24) is 5.01 Å². The zero-order valence-electron chi connectivity index (χ0n) is 9.49. The summed E-state index contributed by atoms with van der Waals surface area (Å²) in [5.41, 5.74) is 1.13. The average Bonchev–Trinajstić information content (AvgIpc) is 2.30.